The average Bonchev–Trinajstić information content (AvgIpc) is 3.26. The molecule has 0 saturated heterocycles. The van der Waals surface area contributed by atoms with E-state index in [1.165, 1.54) is 23.0 Å². The van der Waals surface area contributed by atoms with E-state index in [9.17, 15) is 13.6 Å². The highest BCUT2D eigenvalue weighted by atomic mass is 32.1. The molecule has 1 aliphatic rings. The van der Waals surface area contributed by atoms with Crippen LogP contribution in [-0.4, -0.2) is 23.4 Å². The number of ether oxygens (including phenoxy) is 1. The molecular weight excluding hydrogens is 470 g/mol. The van der Waals surface area contributed by atoms with E-state index in [1.807, 2.05) is 35.7 Å². The van der Waals surface area contributed by atoms with Crippen LogP contribution in [0.15, 0.2) is 76.1 Å². The number of anilines is 1. The lowest BCUT2D eigenvalue weighted by Crippen LogP contribution is -2.25. The van der Waals surface area contributed by atoms with Gasteiger partial charge < -0.3 is 10.1 Å². The quantitative estimate of drug-likeness (QED) is 0.375. The molecule has 1 N–H and O–H groups in total. The number of thiazole rings is 1. The van der Waals surface area contributed by atoms with Crippen LogP contribution in [0.3, 0.4) is 0 Å². The SMILES string of the molecule is CCc1ccc(C=Nn2c(-c3ccc4c(c3)NC(=O)CO4)csc2=Nc2ccc(F)cc2F)cc1. The van der Waals surface area contributed by atoms with Crippen LogP contribution in [0.5, 0.6) is 5.75 Å². The molecule has 4 aromatic rings. The van der Waals surface area contributed by atoms with E-state index in [2.05, 4.69) is 22.3 Å². The molecule has 0 aliphatic carbocycles. The molecule has 35 heavy (non-hydrogen) atoms. The zero-order valence-corrected chi connectivity index (χ0v) is 19.5. The van der Waals surface area contributed by atoms with Crippen molar-refractivity contribution < 1.29 is 18.3 Å². The Bertz CT molecular complexity index is 1510. The van der Waals surface area contributed by atoms with E-state index in [4.69, 9.17) is 4.74 Å². The summed E-state index contributed by atoms with van der Waals surface area (Å²) >= 11 is 1.26. The van der Waals surface area contributed by atoms with Crippen molar-refractivity contribution >= 4 is 34.8 Å². The highest BCUT2D eigenvalue weighted by Crippen LogP contribution is 2.33. The Morgan fingerprint density at radius 2 is 1.94 bits per heavy atom. The number of benzene rings is 3. The molecule has 1 aromatic heterocycles. The largest absolute Gasteiger partial charge is 0.482 e. The van der Waals surface area contributed by atoms with Crippen LogP contribution >= 0.6 is 11.3 Å². The van der Waals surface area contributed by atoms with Crippen molar-refractivity contribution in [3.8, 4) is 17.0 Å². The highest BCUT2D eigenvalue weighted by Gasteiger charge is 2.18. The molecule has 3 aromatic carbocycles. The number of carbonyl (C=O) groups is 1. The second-order valence-corrected chi connectivity index (χ2v) is 8.65. The van der Waals surface area contributed by atoms with Gasteiger partial charge in [-0.25, -0.2) is 18.4 Å². The Hall–Kier alpha value is -4.11. The summed E-state index contributed by atoms with van der Waals surface area (Å²) in [4.78, 5) is 16.6. The Kier molecular flexibility index (Phi) is 6.24. The molecule has 0 radical (unpaired) electrons. The number of nitrogens with zero attached hydrogens (tertiary/aromatic N) is 3. The third-order valence-corrected chi connectivity index (χ3v) is 6.25. The maximum Gasteiger partial charge on any atom is 0.262 e. The molecule has 1 amide bonds. The van der Waals surface area contributed by atoms with Crippen LogP contribution in [0, 0.1) is 11.6 Å². The minimum absolute atomic E-state index is 0.00199. The van der Waals surface area contributed by atoms with Crippen molar-refractivity contribution in [3.63, 3.8) is 0 Å². The first kappa shape index (κ1) is 22.7. The van der Waals surface area contributed by atoms with E-state index in [-0.39, 0.29) is 18.2 Å². The molecule has 0 unspecified atom stereocenters. The molecule has 176 valence electrons. The number of aryl methyl sites for hydroxylation is 1. The van der Waals surface area contributed by atoms with Crippen LogP contribution in [0.1, 0.15) is 18.1 Å². The first-order valence-electron chi connectivity index (χ1n) is 10.9. The van der Waals surface area contributed by atoms with Gasteiger partial charge in [0, 0.05) is 17.0 Å². The summed E-state index contributed by atoms with van der Waals surface area (Å²) < 4.78 is 34.7. The number of halogens is 2. The van der Waals surface area contributed by atoms with Gasteiger partial charge in [0.2, 0.25) is 4.80 Å². The summed E-state index contributed by atoms with van der Waals surface area (Å²) in [7, 11) is 0. The van der Waals surface area contributed by atoms with Gasteiger partial charge in [-0.1, -0.05) is 31.2 Å². The standard InChI is InChI=1S/C26H20F2N4O2S/c1-2-16-3-5-17(6-4-16)13-29-32-23(18-7-10-24-22(11-18)30-25(33)14-34-24)15-35-26(32)31-21-9-8-19(27)12-20(21)28/h3-13,15H,2,14H2,1H3,(H,30,33). The van der Waals surface area contributed by atoms with Gasteiger partial charge in [0.15, 0.2) is 12.4 Å². The Labute approximate surface area is 203 Å². The summed E-state index contributed by atoms with van der Waals surface area (Å²) in [6.07, 6.45) is 2.63. The summed E-state index contributed by atoms with van der Waals surface area (Å²) in [5.41, 5.74) is 4.09. The van der Waals surface area contributed by atoms with Gasteiger partial charge in [-0.15, -0.1) is 11.3 Å². The highest BCUT2D eigenvalue weighted by molar-refractivity contribution is 7.07. The summed E-state index contributed by atoms with van der Waals surface area (Å²) in [5.74, 6) is -1.09. The van der Waals surface area contributed by atoms with E-state index in [1.54, 1.807) is 23.0 Å². The van der Waals surface area contributed by atoms with Crippen LogP contribution in [0.4, 0.5) is 20.2 Å². The van der Waals surface area contributed by atoms with E-state index < -0.39 is 11.6 Å². The first-order chi connectivity index (χ1) is 17.0. The minimum Gasteiger partial charge on any atom is -0.482 e. The first-order valence-corrected chi connectivity index (χ1v) is 11.8. The van der Waals surface area contributed by atoms with Gasteiger partial charge in [0.25, 0.3) is 5.91 Å². The normalized spacial score (nSPS) is 13.6. The fourth-order valence-electron chi connectivity index (χ4n) is 3.57. The average molecular weight is 491 g/mol. The van der Waals surface area contributed by atoms with Crippen LogP contribution < -0.4 is 14.9 Å². The molecule has 6 nitrogen and oxygen atoms in total. The lowest BCUT2D eigenvalue weighted by molar-refractivity contribution is -0.118. The maximum absolute atomic E-state index is 14.3. The molecule has 5 rings (SSSR count). The molecule has 0 fully saturated rings. The van der Waals surface area contributed by atoms with Crippen molar-refractivity contribution in [2.24, 2.45) is 10.1 Å². The number of rotatable bonds is 5. The topological polar surface area (TPSA) is 68.0 Å². The van der Waals surface area contributed by atoms with Gasteiger partial charge in [-0.3, -0.25) is 4.79 Å². The number of hydrogen-bond acceptors (Lipinski definition) is 5. The molecule has 0 saturated carbocycles. The van der Waals surface area contributed by atoms with Crippen molar-refractivity contribution in [1.29, 1.82) is 0 Å². The molecule has 0 spiro atoms. The molecule has 0 bridgehead atoms. The van der Waals surface area contributed by atoms with Crippen molar-refractivity contribution in [3.05, 3.63) is 93.6 Å². The third kappa shape index (κ3) is 4.90. The van der Waals surface area contributed by atoms with Crippen LogP contribution in [-0.2, 0) is 11.2 Å². The predicted octanol–water partition coefficient (Wildman–Crippen LogP) is 5.50. The van der Waals surface area contributed by atoms with Gasteiger partial charge in [0.1, 0.15) is 17.3 Å². The third-order valence-electron chi connectivity index (χ3n) is 5.43. The maximum atomic E-state index is 14.3. The van der Waals surface area contributed by atoms with E-state index in [0.717, 1.165) is 29.7 Å². The predicted molar refractivity (Wildman–Crippen MR) is 132 cm³/mol. The summed E-state index contributed by atoms with van der Waals surface area (Å²) in [6, 6.07) is 16.7. The zero-order chi connectivity index (χ0) is 24.4. The second-order valence-electron chi connectivity index (χ2n) is 7.81. The fraction of sp³-hybridized carbons (Fsp3) is 0.115. The minimum atomic E-state index is -0.765. The van der Waals surface area contributed by atoms with Gasteiger partial charge in [0.05, 0.1) is 17.6 Å². The lowest BCUT2D eigenvalue weighted by Gasteiger charge is -2.18. The zero-order valence-electron chi connectivity index (χ0n) is 18.7. The van der Waals surface area contributed by atoms with E-state index in [0.29, 0.717) is 21.9 Å². The molecule has 9 heteroatoms. The lowest BCUT2D eigenvalue weighted by atomic mass is 10.1. The monoisotopic (exact) mass is 490 g/mol. The van der Waals surface area contributed by atoms with Crippen molar-refractivity contribution in [2.45, 2.75) is 13.3 Å². The number of amides is 1. The fourth-order valence-corrected chi connectivity index (χ4v) is 4.42. The van der Waals surface area contributed by atoms with Crippen molar-refractivity contribution in [2.75, 3.05) is 11.9 Å². The van der Waals surface area contributed by atoms with Gasteiger partial charge in [-0.2, -0.15) is 5.10 Å². The second kappa shape index (κ2) is 9.63. The summed E-state index contributed by atoms with van der Waals surface area (Å²) in [5, 5.41) is 9.27. The number of nitrogens with one attached hydrogen (secondary N) is 1. The molecular formula is C26H20F2N4O2S. The Balaban J connectivity index is 1.62. The molecule has 2 heterocycles. The number of fused-ring (bicyclic) bond motifs is 1. The number of aromatic nitrogens is 1. The number of hydrogen-bond donors (Lipinski definition) is 1. The van der Waals surface area contributed by atoms with Gasteiger partial charge >= 0.3 is 0 Å². The molecule has 1 aliphatic heterocycles. The van der Waals surface area contributed by atoms with Crippen LogP contribution in [0.25, 0.3) is 11.3 Å². The van der Waals surface area contributed by atoms with Crippen molar-refractivity contribution in [1.82, 2.24) is 4.68 Å². The Morgan fingerprint density at radius 1 is 1.11 bits per heavy atom. The number of carbonyl (C=O) groups excluding carboxylic acids is 1. The Morgan fingerprint density at radius 3 is 2.71 bits per heavy atom. The van der Waals surface area contributed by atoms with E-state index >= 15 is 0 Å². The van der Waals surface area contributed by atoms with Crippen LogP contribution in [0.2, 0.25) is 0 Å². The smallest absolute Gasteiger partial charge is 0.262 e. The summed E-state index contributed by atoms with van der Waals surface area (Å²) in [6.45, 7) is 2.06. The molecule has 0 atom stereocenters. The van der Waals surface area contributed by atoms with Gasteiger partial charge in [-0.05, 0) is 47.9 Å².